The van der Waals surface area contributed by atoms with Crippen molar-refractivity contribution in [3.05, 3.63) is 40.8 Å². The number of piperidine rings is 1. The predicted molar refractivity (Wildman–Crippen MR) is 105 cm³/mol. The van der Waals surface area contributed by atoms with Gasteiger partial charge in [-0.3, -0.25) is 4.57 Å². The van der Waals surface area contributed by atoms with Gasteiger partial charge in [-0.25, -0.2) is 4.79 Å². The van der Waals surface area contributed by atoms with Crippen molar-refractivity contribution in [1.29, 1.82) is 0 Å². The van der Waals surface area contributed by atoms with E-state index in [1.54, 1.807) is 0 Å². The fourth-order valence-corrected chi connectivity index (χ4v) is 3.68. The number of aliphatic hydroxyl groups is 1. The number of para-hydroxylation sites is 2. The molecule has 142 valence electrons. The molecule has 5 N–H and O–H groups in total. The van der Waals surface area contributed by atoms with Gasteiger partial charge < -0.3 is 26.0 Å². The van der Waals surface area contributed by atoms with Crippen molar-refractivity contribution in [3.63, 3.8) is 0 Å². The van der Waals surface area contributed by atoms with E-state index < -0.39 is 0 Å². The van der Waals surface area contributed by atoms with Crippen molar-refractivity contribution >= 4 is 28.6 Å². The molecular formula is C18H23N7O2. The van der Waals surface area contributed by atoms with E-state index in [-0.39, 0.29) is 24.3 Å². The topological polar surface area (TPSA) is 125 Å². The lowest BCUT2D eigenvalue weighted by atomic mass is 10.0. The summed E-state index contributed by atoms with van der Waals surface area (Å²) in [6, 6.07) is 9.76. The number of anilines is 3. The summed E-state index contributed by atoms with van der Waals surface area (Å²) in [6.45, 7) is 1.96. The number of nitrogens with two attached hydrogens (primary N) is 1. The molecule has 2 aromatic heterocycles. The Morgan fingerprint density at radius 2 is 2.04 bits per heavy atom. The third-order valence-corrected chi connectivity index (χ3v) is 4.93. The van der Waals surface area contributed by atoms with Gasteiger partial charge in [0.1, 0.15) is 11.6 Å². The van der Waals surface area contributed by atoms with Gasteiger partial charge in [-0.15, -0.1) is 0 Å². The van der Waals surface area contributed by atoms with E-state index in [1.165, 1.54) is 0 Å². The zero-order valence-corrected chi connectivity index (χ0v) is 14.9. The van der Waals surface area contributed by atoms with Crippen molar-refractivity contribution in [3.8, 4) is 0 Å². The lowest BCUT2D eigenvalue weighted by molar-refractivity contribution is 0.311. The van der Waals surface area contributed by atoms with E-state index in [4.69, 9.17) is 10.8 Å². The quantitative estimate of drug-likeness (QED) is 0.527. The van der Waals surface area contributed by atoms with E-state index in [9.17, 15) is 4.79 Å². The first-order valence-corrected chi connectivity index (χ1v) is 9.09. The van der Waals surface area contributed by atoms with Crippen LogP contribution in [-0.4, -0.2) is 50.9 Å². The minimum Gasteiger partial charge on any atom is -0.395 e. The molecule has 1 saturated heterocycles. The van der Waals surface area contributed by atoms with E-state index in [0.717, 1.165) is 42.8 Å². The second kappa shape index (κ2) is 7.28. The van der Waals surface area contributed by atoms with Crippen molar-refractivity contribution < 1.29 is 5.11 Å². The molecule has 0 unspecified atom stereocenters. The molecule has 1 fully saturated rings. The van der Waals surface area contributed by atoms with Crippen LogP contribution in [0.15, 0.2) is 35.1 Å². The van der Waals surface area contributed by atoms with Gasteiger partial charge in [0.15, 0.2) is 0 Å². The van der Waals surface area contributed by atoms with Crippen LogP contribution in [0.5, 0.6) is 0 Å². The molecule has 1 aliphatic heterocycles. The summed E-state index contributed by atoms with van der Waals surface area (Å²) in [7, 11) is 0. The number of aromatic nitrogens is 4. The summed E-state index contributed by atoms with van der Waals surface area (Å²) in [4.78, 5) is 26.0. The normalized spacial score (nSPS) is 15.4. The molecule has 0 radical (unpaired) electrons. The van der Waals surface area contributed by atoms with Crippen LogP contribution >= 0.6 is 0 Å². The Hall–Kier alpha value is -3.07. The molecule has 3 aromatic rings. The number of benzene rings is 1. The molecule has 4 rings (SSSR count). The number of nitrogen functional groups attached to an aromatic ring is 1. The molecule has 9 nitrogen and oxygen atoms in total. The minimum absolute atomic E-state index is 0.0179. The Kier molecular flexibility index (Phi) is 4.68. The second-order valence-corrected chi connectivity index (χ2v) is 6.66. The highest BCUT2D eigenvalue weighted by Crippen LogP contribution is 2.28. The van der Waals surface area contributed by atoms with Gasteiger partial charge in [0.2, 0.25) is 5.95 Å². The van der Waals surface area contributed by atoms with Crippen LogP contribution < -0.4 is 21.6 Å². The molecule has 27 heavy (non-hydrogen) atoms. The van der Waals surface area contributed by atoms with Crippen LogP contribution in [0.3, 0.4) is 0 Å². The van der Waals surface area contributed by atoms with Gasteiger partial charge in [0.25, 0.3) is 0 Å². The molecular weight excluding hydrogens is 346 g/mol. The summed E-state index contributed by atoms with van der Waals surface area (Å²) in [5.41, 5.74) is 7.58. The predicted octanol–water partition coefficient (Wildman–Crippen LogP) is 0.947. The maximum Gasteiger partial charge on any atom is 0.326 e. The lowest BCUT2D eigenvalue weighted by Gasteiger charge is -2.33. The largest absolute Gasteiger partial charge is 0.395 e. The Morgan fingerprint density at radius 1 is 1.26 bits per heavy atom. The first-order chi connectivity index (χ1) is 13.2. The maximum absolute atomic E-state index is 12.4. The van der Waals surface area contributed by atoms with Crippen LogP contribution in [0.2, 0.25) is 0 Å². The molecule has 0 spiro atoms. The average molecular weight is 369 g/mol. The molecule has 0 saturated carbocycles. The molecule has 0 aliphatic carbocycles. The van der Waals surface area contributed by atoms with Gasteiger partial charge in [0, 0.05) is 31.7 Å². The highest BCUT2D eigenvalue weighted by Gasteiger charge is 2.24. The molecule has 0 bridgehead atoms. The third kappa shape index (κ3) is 3.45. The molecule has 0 amide bonds. The Labute approximate surface area is 155 Å². The number of fused-ring (bicyclic) bond motifs is 1. The van der Waals surface area contributed by atoms with E-state index in [0.29, 0.717) is 12.4 Å². The van der Waals surface area contributed by atoms with Crippen LogP contribution in [-0.2, 0) is 0 Å². The summed E-state index contributed by atoms with van der Waals surface area (Å²) in [5, 5.41) is 12.0. The highest BCUT2D eigenvalue weighted by atomic mass is 16.3. The van der Waals surface area contributed by atoms with Crippen molar-refractivity contribution in [1.82, 2.24) is 19.5 Å². The number of nitrogens with zero attached hydrogens (tertiary/aromatic N) is 4. The molecule has 1 aliphatic rings. The minimum atomic E-state index is -0.0589. The summed E-state index contributed by atoms with van der Waals surface area (Å²) >= 11 is 0. The van der Waals surface area contributed by atoms with Crippen molar-refractivity contribution in [2.45, 2.75) is 18.9 Å². The van der Waals surface area contributed by atoms with Crippen LogP contribution in [0.1, 0.15) is 18.9 Å². The average Bonchev–Trinajstić information content (AvgIpc) is 3.02. The number of hydrogen-bond acceptors (Lipinski definition) is 7. The molecule has 0 atom stereocenters. The Morgan fingerprint density at radius 3 is 2.81 bits per heavy atom. The molecule has 1 aromatic carbocycles. The second-order valence-electron chi connectivity index (χ2n) is 6.66. The smallest absolute Gasteiger partial charge is 0.326 e. The van der Waals surface area contributed by atoms with E-state index in [2.05, 4.69) is 25.2 Å². The molecule has 3 heterocycles. The number of aromatic amines is 1. The van der Waals surface area contributed by atoms with Crippen LogP contribution in [0.25, 0.3) is 11.0 Å². The van der Waals surface area contributed by atoms with Crippen LogP contribution in [0.4, 0.5) is 17.6 Å². The zero-order valence-electron chi connectivity index (χ0n) is 14.9. The third-order valence-electron chi connectivity index (χ3n) is 4.93. The van der Waals surface area contributed by atoms with E-state index >= 15 is 0 Å². The first-order valence-electron chi connectivity index (χ1n) is 9.09. The molecule has 9 heteroatoms. The first kappa shape index (κ1) is 17.3. The summed E-state index contributed by atoms with van der Waals surface area (Å²) in [5.74, 6) is 1.55. The summed E-state index contributed by atoms with van der Waals surface area (Å²) < 4.78 is 1.87. The van der Waals surface area contributed by atoms with Gasteiger partial charge in [-0.2, -0.15) is 9.97 Å². The van der Waals surface area contributed by atoms with Gasteiger partial charge in [0.05, 0.1) is 17.6 Å². The Bertz CT molecular complexity index is 989. The monoisotopic (exact) mass is 369 g/mol. The number of nitrogens with one attached hydrogen (secondary N) is 2. The Balaban J connectivity index is 1.51. The van der Waals surface area contributed by atoms with E-state index in [1.807, 2.05) is 34.9 Å². The lowest BCUT2D eigenvalue weighted by Crippen LogP contribution is -2.37. The fourth-order valence-electron chi connectivity index (χ4n) is 3.68. The van der Waals surface area contributed by atoms with Crippen LogP contribution in [0, 0.1) is 0 Å². The number of H-pyrrole nitrogens is 1. The zero-order chi connectivity index (χ0) is 18.8. The highest BCUT2D eigenvalue weighted by molar-refractivity contribution is 5.75. The maximum atomic E-state index is 12.4. The number of rotatable bonds is 5. The fraction of sp³-hybridized carbons (Fsp3) is 0.389. The van der Waals surface area contributed by atoms with Crippen molar-refractivity contribution in [2.75, 3.05) is 42.2 Å². The number of aliphatic hydroxyl groups excluding tert-OH is 1. The van der Waals surface area contributed by atoms with Gasteiger partial charge in [-0.1, -0.05) is 12.1 Å². The SMILES string of the molecule is Nc1nc(NCCO)cc(N2CCC(n3c(=O)[nH]c4ccccc43)CC2)n1. The van der Waals surface area contributed by atoms with Crippen molar-refractivity contribution in [2.24, 2.45) is 0 Å². The number of hydrogen-bond donors (Lipinski definition) is 4. The standard InChI is InChI=1S/C18H23N7O2/c19-17-22-15(20-7-10-26)11-16(23-17)24-8-5-12(6-9-24)25-14-4-2-1-3-13(14)21-18(25)27/h1-4,11-12,26H,5-10H2,(H,21,27)(H3,19,20,22,23). The summed E-state index contributed by atoms with van der Waals surface area (Å²) in [6.07, 6.45) is 1.68. The van der Waals surface area contributed by atoms with Gasteiger partial charge in [-0.05, 0) is 25.0 Å². The van der Waals surface area contributed by atoms with Gasteiger partial charge >= 0.3 is 5.69 Å². The number of imidazole rings is 1.